The van der Waals surface area contributed by atoms with Crippen LogP contribution in [0.2, 0.25) is 0 Å². The van der Waals surface area contributed by atoms with Crippen LogP contribution in [0.4, 0.5) is 11.9 Å². The minimum absolute atomic E-state index is 0.0886. The van der Waals surface area contributed by atoms with Gasteiger partial charge in [0, 0.05) is 13.2 Å². The first-order valence-corrected chi connectivity index (χ1v) is 8.74. The molecule has 0 radical (unpaired) electrons. The van der Waals surface area contributed by atoms with Crippen molar-refractivity contribution in [3.8, 4) is 0 Å². The van der Waals surface area contributed by atoms with Gasteiger partial charge in [0.25, 0.3) is 5.56 Å². The molecular weight excluding hydrogens is 344 g/mol. The first kappa shape index (κ1) is 17.0. The van der Waals surface area contributed by atoms with E-state index in [0.717, 1.165) is 23.0 Å². The maximum absolute atomic E-state index is 12.0. The molecule has 0 saturated heterocycles. The van der Waals surface area contributed by atoms with Crippen LogP contribution >= 0.6 is 0 Å². The summed E-state index contributed by atoms with van der Waals surface area (Å²) in [4.78, 5) is 26.3. The second-order valence-electron chi connectivity index (χ2n) is 6.39. The number of imidazole rings is 1. The van der Waals surface area contributed by atoms with Crippen LogP contribution < -0.4 is 16.6 Å². The number of fused-ring (bicyclic) bond motifs is 2. The van der Waals surface area contributed by atoms with Crippen LogP contribution in [0.15, 0.2) is 41.2 Å². The molecule has 2 heterocycles. The third-order valence-electron chi connectivity index (χ3n) is 4.46. The molecule has 0 aliphatic heterocycles. The highest BCUT2D eigenvalue weighted by Crippen LogP contribution is 2.19. The van der Waals surface area contributed by atoms with Gasteiger partial charge in [-0.25, -0.2) is 9.97 Å². The van der Waals surface area contributed by atoms with Gasteiger partial charge in [-0.3, -0.25) is 9.78 Å². The van der Waals surface area contributed by atoms with Crippen LogP contribution in [0.25, 0.3) is 21.9 Å². The number of hydrogen-bond acceptors (Lipinski definition) is 6. The number of rotatable bonds is 6. The highest BCUT2D eigenvalue weighted by atomic mass is 16.3. The van der Waals surface area contributed by atoms with Crippen molar-refractivity contribution in [2.45, 2.75) is 12.8 Å². The van der Waals surface area contributed by atoms with Gasteiger partial charge in [-0.1, -0.05) is 24.3 Å². The van der Waals surface area contributed by atoms with Crippen molar-refractivity contribution >= 4 is 33.8 Å². The summed E-state index contributed by atoms with van der Waals surface area (Å²) >= 11 is 0. The number of aliphatic hydroxyl groups is 1. The maximum atomic E-state index is 12.0. The number of aliphatic hydroxyl groups excluding tert-OH is 1. The summed E-state index contributed by atoms with van der Waals surface area (Å²) in [5, 5.41) is 12.7. The van der Waals surface area contributed by atoms with Gasteiger partial charge in [0.15, 0.2) is 0 Å². The molecule has 0 saturated carbocycles. The van der Waals surface area contributed by atoms with E-state index in [9.17, 15) is 4.79 Å². The fraction of sp³-hybridized carbons (Fsp3) is 0.211. The number of nitrogens with one attached hydrogen (secondary N) is 3. The Balaban J connectivity index is 1.48. The van der Waals surface area contributed by atoms with Crippen molar-refractivity contribution in [2.24, 2.45) is 0 Å². The lowest BCUT2D eigenvalue weighted by Gasteiger charge is -2.04. The Labute approximate surface area is 154 Å². The van der Waals surface area contributed by atoms with E-state index in [1.165, 1.54) is 5.56 Å². The number of benzene rings is 2. The quantitative estimate of drug-likeness (QED) is 0.353. The van der Waals surface area contributed by atoms with Gasteiger partial charge in [0.1, 0.15) is 0 Å². The smallest absolute Gasteiger partial charge is 0.260 e. The molecule has 0 bridgehead atoms. The summed E-state index contributed by atoms with van der Waals surface area (Å²) in [5.41, 5.74) is 9.66. The van der Waals surface area contributed by atoms with E-state index in [1.54, 1.807) is 12.1 Å². The van der Waals surface area contributed by atoms with Crippen molar-refractivity contribution in [3.63, 3.8) is 0 Å². The van der Waals surface area contributed by atoms with E-state index in [1.807, 2.05) is 12.1 Å². The summed E-state index contributed by atoms with van der Waals surface area (Å²) in [6.45, 7) is 0.875. The summed E-state index contributed by atoms with van der Waals surface area (Å²) in [6, 6.07) is 11.7. The molecule has 0 aliphatic carbocycles. The minimum Gasteiger partial charge on any atom is -0.396 e. The molecule has 6 N–H and O–H groups in total. The van der Waals surface area contributed by atoms with Gasteiger partial charge in [-0.2, -0.15) is 0 Å². The van der Waals surface area contributed by atoms with Crippen molar-refractivity contribution in [1.29, 1.82) is 0 Å². The van der Waals surface area contributed by atoms with Gasteiger partial charge in [0.2, 0.25) is 11.9 Å². The predicted octanol–water partition coefficient (Wildman–Crippen LogP) is 1.57. The van der Waals surface area contributed by atoms with Crippen molar-refractivity contribution in [3.05, 3.63) is 57.9 Å². The fourth-order valence-corrected chi connectivity index (χ4v) is 3.07. The zero-order chi connectivity index (χ0) is 18.8. The maximum Gasteiger partial charge on any atom is 0.260 e. The Morgan fingerprint density at radius 2 is 1.74 bits per heavy atom. The highest BCUT2D eigenvalue weighted by molar-refractivity contribution is 5.93. The van der Waals surface area contributed by atoms with Crippen LogP contribution in [0.5, 0.6) is 0 Å². The van der Waals surface area contributed by atoms with Crippen LogP contribution in [0.1, 0.15) is 11.1 Å². The zero-order valence-electron chi connectivity index (χ0n) is 14.6. The van der Waals surface area contributed by atoms with Crippen LogP contribution in [-0.4, -0.2) is 38.2 Å². The average molecular weight is 364 g/mol. The van der Waals surface area contributed by atoms with Crippen LogP contribution in [-0.2, 0) is 12.8 Å². The van der Waals surface area contributed by atoms with E-state index in [-0.39, 0.29) is 18.1 Å². The van der Waals surface area contributed by atoms with Gasteiger partial charge in [-0.05, 0) is 36.1 Å². The lowest BCUT2D eigenvalue weighted by molar-refractivity contribution is 0.299. The minimum atomic E-state index is -0.270. The standard InChI is InChI=1S/C19H20N6O2/c20-18-22-14-10-16-15(9-13(14)17(27)25-18)23-19(24-16)21-7-5-11-1-3-12(4-2-11)6-8-26/h1-4,9-10,26H,5-8H2,(H2,21,23,24)(H3,20,22,25,27). The Kier molecular flexibility index (Phi) is 4.47. The molecule has 8 heteroatoms. The Hall–Kier alpha value is -3.39. The molecule has 4 rings (SSSR count). The van der Waals surface area contributed by atoms with E-state index in [4.69, 9.17) is 10.8 Å². The molecule has 2 aromatic carbocycles. The van der Waals surface area contributed by atoms with Crippen molar-refractivity contribution in [2.75, 3.05) is 24.2 Å². The van der Waals surface area contributed by atoms with E-state index >= 15 is 0 Å². The first-order chi connectivity index (χ1) is 13.1. The Bertz CT molecular complexity index is 1150. The summed E-state index contributed by atoms with van der Waals surface area (Å²) in [5.74, 6) is 0.729. The second kappa shape index (κ2) is 7.08. The molecule has 0 unspecified atom stereocenters. The fourth-order valence-electron chi connectivity index (χ4n) is 3.07. The molecule has 0 aliphatic rings. The number of anilines is 2. The van der Waals surface area contributed by atoms with Crippen molar-refractivity contribution in [1.82, 2.24) is 19.9 Å². The molecule has 8 nitrogen and oxygen atoms in total. The molecular formula is C19H20N6O2. The number of aromatic amines is 2. The van der Waals surface area contributed by atoms with Gasteiger partial charge in [-0.15, -0.1) is 0 Å². The SMILES string of the molecule is Nc1nc2cc3nc(NCCc4ccc(CCO)cc4)[nH]c3cc2c(=O)[nH]1. The third kappa shape index (κ3) is 3.61. The lowest BCUT2D eigenvalue weighted by Crippen LogP contribution is -2.10. The van der Waals surface area contributed by atoms with Crippen LogP contribution in [0.3, 0.4) is 0 Å². The number of nitrogens with two attached hydrogens (primary N) is 1. The van der Waals surface area contributed by atoms with Gasteiger partial charge < -0.3 is 21.1 Å². The molecule has 138 valence electrons. The molecule has 27 heavy (non-hydrogen) atoms. The van der Waals surface area contributed by atoms with Gasteiger partial charge in [0.05, 0.1) is 21.9 Å². The predicted molar refractivity (Wildman–Crippen MR) is 106 cm³/mol. The molecule has 0 fully saturated rings. The second-order valence-corrected chi connectivity index (χ2v) is 6.39. The normalized spacial score (nSPS) is 11.3. The number of hydrogen-bond donors (Lipinski definition) is 5. The summed E-state index contributed by atoms with van der Waals surface area (Å²) < 4.78 is 0. The Morgan fingerprint density at radius 1 is 1.00 bits per heavy atom. The molecule has 0 atom stereocenters. The third-order valence-corrected chi connectivity index (χ3v) is 4.46. The molecule has 2 aromatic heterocycles. The van der Waals surface area contributed by atoms with E-state index < -0.39 is 0 Å². The molecule has 0 spiro atoms. The topological polar surface area (TPSA) is 133 Å². The summed E-state index contributed by atoms with van der Waals surface area (Å²) in [7, 11) is 0. The highest BCUT2D eigenvalue weighted by Gasteiger charge is 2.08. The number of H-pyrrole nitrogens is 2. The zero-order valence-corrected chi connectivity index (χ0v) is 14.6. The average Bonchev–Trinajstić information content (AvgIpc) is 3.03. The van der Waals surface area contributed by atoms with E-state index in [2.05, 4.69) is 37.4 Å². The van der Waals surface area contributed by atoms with Crippen molar-refractivity contribution < 1.29 is 5.11 Å². The Morgan fingerprint density at radius 3 is 2.48 bits per heavy atom. The van der Waals surface area contributed by atoms with E-state index in [0.29, 0.717) is 29.8 Å². The van der Waals surface area contributed by atoms with Crippen LogP contribution in [0, 0.1) is 0 Å². The monoisotopic (exact) mass is 364 g/mol. The number of nitrogen functional groups attached to an aromatic ring is 1. The lowest BCUT2D eigenvalue weighted by atomic mass is 10.1. The summed E-state index contributed by atoms with van der Waals surface area (Å²) in [6.07, 6.45) is 1.52. The number of nitrogens with zero attached hydrogens (tertiary/aromatic N) is 2. The molecule has 4 aromatic rings. The first-order valence-electron chi connectivity index (χ1n) is 8.74. The van der Waals surface area contributed by atoms with Gasteiger partial charge >= 0.3 is 0 Å². The largest absolute Gasteiger partial charge is 0.396 e. The number of aromatic nitrogens is 4. The molecule has 0 amide bonds.